The molecule has 2 aromatic heterocycles. The number of hydrogen-bond donors (Lipinski definition) is 1. The maximum Gasteiger partial charge on any atom is 0.253 e. The first-order valence-corrected chi connectivity index (χ1v) is 10.5. The average Bonchev–Trinajstić information content (AvgIpc) is 3.25. The Hall–Kier alpha value is -3.96. The van der Waals surface area contributed by atoms with Gasteiger partial charge in [-0.3, -0.25) is 4.79 Å². The zero-order valence-corrected chi connectivity index (χ0v) is 16.5. The van der Waals surface area contributed by atoms with Crippen LogP contribution in [0.25, 0.3) is 5.65 Å². The molecule has 0 atom stereocenters. The quantitative estimate of drug-likeness (QED) is 0.539. The number of hydrogen-bond acceptors (Lipinski definition) is 5. The first kappa shape index (κ1) is 19.4. The zero-order valence-electron chi connectivity index (χ0n) is 15.7. The summed E-state index contributed by atoms with van der Waals surface area (Å²) in [5, 5.41) is 11.7. The van der Waals surface area contributed by atoms with Crippen LogP contribution < -0.4 is 5.32 Å². The second-order valence-corrected chi connectivity index (χ2v) is 8.53. The third kappa shape index (κ3) is 3.79. The Morgan fingerprint density at radius 2 is 1.67 bits per heavy atom. The highest BCUT2D eigenvalue weighted by Gasteiger charge is 2.17. The van der Waals surface area contributed by atoms with Crippen LogP contribution in [0.5, 0.6) is 0 Å². The first-order chi connectivity index (χ1) is 14.5. The molecule has 30 heavy (non-hydrogen) atoms. The normalized spacial score (nSPS) is 11.2. The number of nitriles is 1. The van der Waals surface area contributed by atoms with Crippen molar-refractivity contribution in [1.82, 2.24) is 14.7 Å². The summed E-state index contributed by atoms with van der Waals surface area (Å²) < 4.78 is 27.2. The number of carbonyl (C=O) groups excluding carboxylic acids is 1. The Morgan fingerprint density at radius 3 is 2.33 bits per heavy atom. The van der Waals surface area contributed by atoms with Gasteiger partial charge in [0.15, 0.2) is 0 Å². The van der Waals surface area contributed by atoms with Gasteiger partial charge < -0.3 is 9.72 Å². The lowest BCUT2D eigenvalue weighted by molar-refractivity contribution is 0.0950. The first-order valence-electron chi connectivity index (χ1n) is 9.02. The van der Waals surface area contributed by atoms with E-state index in [0.29, 0.717) is 11.1 Å². The van der Waals surface area contributed by atoms with Crippen molar-refractivity contribution < 1.29 is 13.2 Å². The number of benzene rings is 2. The van der Waals surface area contributed by atoms with Crippen LogP contribution >= 0.6 is 0 Å². The molecule has 0 saturated heterocycles. The maximum atomic E-state index is 12.7. The number of imidazole rings is 1. The minimum atomic E-state index is -3.68. The molecular formula is C22H16N4O3S. The number of fused-ring (bicyclic) bond motifs is 1. The highest BCUT2D eigenvalue weighted by molar-refractivity contribution is 7.91. The Bertz CT molecular complexity index is 1370. The van der Waals surface area contributed by atoms with E-state index >= 15 is 0 Å². The second-order valence-electron chi connectivity index (χ2n) is 6.58. The van der Waals surface area contributed by atoms with Gasteiger partial charge in [0.1, 0.15) is 5.65 Å². The Morgan fingerprint density at radius 1 is 1.00 bits per heavy atom. The maximum absolute atomic E-state index is 12.7. The lowest BCUT2D eigenvalue weighted by Gasteiger charge is -2.08. The Kier molecular flexibility index (Phi) is 5.04. The van der Waals surface area contributed by atoms with Crippen molar-refractivity contribution in [3.05, 3.63) is 95.9 Å². The molecule has 0 aliphatic rings. The van der Waals surface area contributed by atoms with Crippen LogP contribution in [0.1, 0.15) is 21.5 Å². The van der Waals surface area contributed by atoms with E-state index in [-0.39, 0.29) is 22.2 Å². The van der Waals surface area contributed by atoms with E-state index in [1.807, 2.05) is 6.07 Å². The van der Waals surface area contributed by atoms with Crippen molar-refractivity contribution in [3.8, 4) is 6.07 Å². The van der Waals surface area contributed by atoms with Crippen molar-refractivity contribution in [2.75, 3.05) is 0 Å². The van der Waals surface area contributed by atoms with E-state index < -0.39 is 9.84 Å². The summed E-state index contributed by atoms with van der Waals surface area (Å²) in [6.07, 6.45) is 5.12. The molecule has 0 aliphatic heterocycles. The number of sulfone groups is 1. The Balaban J connectivity index is 1.45. The number of nitrogens with zero attached hydrogens (tertiary/aromatic N) is 3. The fraction of sp³-hybridized carbons (Fsp3) is 0.0455. The van der Waals surface area contributed by atoms with E-state index in [0.717, 1.165) is 11.2 Å². The summed E-state index contributed by atoms with van der Waals surface area (Å²) in [7, 11) is -3.68. The highest BCUT2D eigenvalue weighted by atomic mass is 32.2. The summed E-state index contributed by atoms with van der Waals surface area (Å²) in [5.41, 5.74) is 2.42. The molecule has 4 rings (SSSR count). The van der Waals surface area contributed by atoms with Gasteiger partial charge in [-0.05, 0) is 54.1 Å². The van der Waals surface area contributed by atoms with Gasteiger partial charge in [-0.1, -0.05) is 12.1 Å². The van der Waals surface area contributed by atoms with Crippen LogP contribution in [-0.2, 0) is 16.4 Å². The van der Waals surface area contributed by atoms with Crippen LogP contribution in [0.4, 0.5) is 0 Å². The SMILES string of the molecule is N#Cc1ccc(S(=O)(=O)c2ccc(CNC(=O)c3ccc4nccn4c3)cc2)cc1. The Labute approximate surface area is 173 Å². The minimum Gasteiger partial charge on any atom is -0.348 e. The molecule has 1 N–H and O–H groups in total. The van der Waals surface area contributed by atoms with Crippen LogP contribution in [-0.4, -0.2) is 23.7 Å². The number of pyridine rings is 1. The third-order valence-electron chi connectivity index (χ3n) is 4.63. The molecule has 7 nitrogen and oxygen atoms in total. The van der Waals surface area contributed by atoms with E-state index in [1.54, 1.807) is 47.3 Å². The fourth-order valence-corrected chi connectivity index (χ4v) is 4.23. The molecule has 2 heterocycles. The van der Waals surface area contributed by atoms with Gasteiger partial charge >= 0.3 is 0 Å². The monoisotopic (exact) mass is 416 g/mol. The fourth-order valence-electron chi connectivity index (χ4n) is 2.97. The van der Waals surface area contributed by atoms with E-state index in [1.165, 1.54) is 36.4 Å². The summed E-state index contributed by atoms with van der Waals surface area (Å²) in [6, 6.07) is 17.5. The van der Waals surface area contributed by atoms with Gasteiger partial charge in [-0.25, -0.2) is 13.4 Å². The number of nitrogens with one attached hydrogen (secondary N) is 1. The molecule has 0 radical (unpaired) electrons. The summed E-state index contributed by atoms with van der Waals surface area (Å²) in [6.45, 7) is 0.262. The topological polar surface area (TPSA) is 104 Å². The molecule has 0 unspecified atom stereocenters. The van der Waals surface area contributed by atoms with Crippen LogP contribution in [0.2, 0.25) is 0 Å². The average molecular weight is 416 g/mol. The van der Waals surface area contributed by atoms with Crippen molar-refractivity contribution in [1.29, 1.82) is 5.26 Å². The molecule has 148 valence electrons. The number of rotatable bonds is 5. The van der Waals surface area contributed by atoms with Gasteiger partial charge in [0.25, 0.3) is 5.91 Å². The van der Waals surface area contributed by atoms with Crippen LogP contribution in [0.3, 0.4) is 0 Å². The lowest BCUT2D eigenvalue weighted by Crippen LogP contribution is -2.23. The standard InChI is InChI=1S/C22H16N4O3S/c23-13-16-1-6-19(7-2-16)30(28,29)20-8-3-17(4-9-20)14-25-22(27)18-5-10-21-24-11-12-26(21)15-18/h1-12,15H,14H2,(H,25,27). The van der Waals surface area contributed by atoms with Gasteiger partial charge in [0.05, 0.1) is 27.0 Å². The van der Waals surface area contributed by atoms with E-state index in [9.17, 15) is 13.2 Å². The molecule has 1 amide bonds. The van der Waals surface area contributed by atoms with Crippen molar-refractivity contribution in [3.63, 3.8) is 0 Å². The van der Waals surface area contributed by atoms with Crippen LogP contribution in [0.15, 0.2) is 89.0 Å². The van der Waals surface area contributed by atoms with Crippen molar-refractivity contribution >= 4 is 21.4 Å². The third-order valence-corrected chi connectivity index (χ3v) is 6.42. The predicted molar refractivity (Wildman–Crippen MR) is 109 cm³/mol. The highest BCUT2D eigenvalue weighted by Crippen LogP contribution is 2.21. The molecule has 0 bridgehead atoms. The number of aromatic nitrogens is 2. The van der Waals surface area contributed by atoms with Gasteiger partial charge in [-0.2, -0.15) is 5.26 Å². The number of carbonyl (C=O) groups is 1. The smallest absolute Gasteiger partial charge is 0.253 e. The predicted octanol–water partition coefficient (Wildman–Crippen LogP) is 2.97. The molecule has 4 aromatic rings. The largest absolute Gasteiger partial charge is 0.348 e. The summed E-state index contributed by atoms with van der Waals surface area (Å²) >= 11 is 0. The molecule has 2 aromatic carbocycles. The lowest BCUT2D eigenvalue weighted by atomic mass is 10.2. The summed E-state index contributed by atoms with van der Waals surface area (Å²) in [5.74, 6) is -0.236. The van der Waals surface area contributed by atoms with Crippen molar-refractivity contribution in [2.24, 2.45) is 0 Å². The summed E-state index contributed by atoms with van der Waals surface area (Å²) in [4.78, 5) is 16.8. The van der Waals surface area contributed by atoms with Crippen molar-refractivity contribution in [2.45, 2.75) is 16.3 Å². The second kappa shape index (κ2) is 7.81. The minimum absolute atomic E-state index is 0.123. The van der Waals surface area contributed by atoms with Gasteiger partial charge in [0.2, 0.25) is 9.84 Å². The number of amides is 1. The molecular weight excluding hydrogens is 400 g/mol. The van der Waals surface area contributed by atoms with E-state index in [4.69, 9.17) is 5.26 Å². The van der Waals surface area contributed by atoms with E-state index in [2.05, 4.69) is 10.3 Å². The molecule has 0 saturated carbocycles. The zero-order chi connectivity index (χ0) is 21.1. The van der Waals surface area contributed by atoms with Gasteiger partial charge in [-0.15, -0.1) is 0 Å². The molecule has 0 spiro atoms. The molecule has 0 aliphatic carbocycles. The van der Waals surface area contributed by atoms with Crippen LogP contribution in [0, 0.1) is 11.3 Å². The molecule has 8 heteroatoms. The molecule has 0 fully saturated rings. The van der Waals surface area contributed by atoms with Gasteiger partial charge in [0, 0.05) is 25.1 Å².